The summed E-state index contributed by atoms with van der Waals surface area (Å²) in [6.07, 6.45) is 1.62. The molecule has 3 rings (SSSR count). The first-order chi connectivity index (χ1) is 11.5. The third kappa shape index (κ3) is 3.51. The van der Waals surface area contributed by atoms with Crippen LogP contribution in [0.4, 0.5) is 0 Å². The zero-order valence-electron chi connectivity index (χ0n) is 13.5. The first kappa shape index (κ1) is 16.3. The number of hydrogen-bond donors (Lipinski definition) is 2. The van der Waals surface area contributed by atoms with E-state index in [2.05, 4.69) is 10.3 Å². The average molecular weight is 338 g/mol. The van der Waals surface area contributed by atoms with Crippen LogP contribution in [0.1, 0.15) is 24.3 Å². The van der Waals surface area contributed by atoms with Crippen molar-refractivity contribution in [1.82, 2.24) is 10.3 Å². The number of fused-ring (bicyclic) bond motifs is 1. The zero-order chi connectivity index (χ0) is 17.1. The number of pyridine rings is 1. The smallest absolute Gasteiger partial charge is 0.273 e. The molecule has 4 nitrogen and oxygen atoms in total. The van der Waals surface area contributed by atoms with E-state index >= 15 is 0 Å². The second-order valence-corrected chi connectivity index (χ2v) is 6.89. The van der Waals surface area contributed by atoms with Gasteiger partial charge in [0.25, 0.3) is 5.91 Å². The lowest BCUT2D eigenvalue weighted by Crippen LogP contribution is -2.30. The van der Waals surface area contributed by atoms with Gasteiger partial charge in [-0.2, -0.15) is 0 Å². The van der Waals surface area contributed by atoms with Gasteiger partial charge in [0.15, 0.2) is 11.4 Å². The zero-order valence-corrected chi connectivity index (χ0v) is 14.3. The van der Waals surface area contributed by atoms with Crippen LogP contribution in [0.25, 0.3) is 10.8 Å². The topological polar surface area (TPSA) is 62.2 Å². The van der Waals surface area contributed by atoms with E-state index in [1.807, 2.05) is 62.4 Å². The fourth-order valence-electron chi connectivity index (χ4n) is 2.37. The molecule has 0 saturated heterocycles. The summed E-state index contributed by atoms with van der Waals surface area (Å²) in [6, 6.07) is 15.8. The van der Waals surface area contributed by atoms with Gasteiger partial charge in [0.1, 0.15) is 0 Å². The fourth-order valence-corrected chi connectivity index (χ4v) is 3.26. The Labute approximate surface area is 144 Å². The van der Waals surface area contributed by atoms with Crippen molar-refractivity contribution in [2.24, 2.45) is 0 Å². The molecule has 0 saturated carbocycles. The van der Waals surface area contributed by atoms with E-state index in [4.69, 9.17) is 0 Å². The standard InChI is InChI=1S/C19H18N2O2S/c1-12(2)21-19(23)17-18(22)16-9-8-15(10-13(16)11-20-17)24-14-6-4-3-5-7-14/h3-12,22H,1-2H3,(H,21,23). The Morgan fingerprint density at radius 2 is 1.88 bits per heavy atom. The summed E-state index contributed by atoms with van der Waals surface area (Å²) >= 11 is 1.64. The molecule has 1 heterocycles. The molecule has 0 bridgehead atoms. The lowest BCUT2D eigenvalue weighted by molar-refractivity contribution is 0.0935. The van der Waals surface area contributed by atoms with Crippen LogP contribution in [0, 0.1) is 0 Å². The third-order valence-corrected chi connectivity index (χ3v) is 4.45. The molecule has 1 aromatic heterocycles. The van der Waals surface area contributed by atoms with Gasteiger partial charge in [0, 0.05) is 32.8 Å². The van der Waals surface area contributed by atoms with Gasteiger partial charge < -0.3 is 10.4 Å². The van der Waals surface area contributed by atoms with Crippen molar-refractivity contribution in [2.45, 2.75) is 29.7 Å². The van der Waals surface area contributed by atoms with Crippen LogP contribution in [0.3, 0.4) is 0 Å². The maximum absolute atomic E-state index is 12.1. The Kier molecular flexibility index (Phi) is 4.71. The van der Waals surface area contributed by atoms with Gasteiger partial charge in [-0.3, -0.25) is 4.79 Å². The number of hydrogen-bond acceptors (Lipinski definition) is 4. The first-order valence-electron chi connectivity index (χ1n) is 7.70. The van der Waals surface area contributed by atoms with E-state index in [-0.39, 0.29) is 23.4 Å². The summed E-state index contributed by atoms with van der Waals surface area (Å²) < 4.78 is 0. The van der Waals surface area contributed by atoms with Gasteiger partial charge in [-0.15, -0.1) is 0 Å². The third-order valence-electron chi connectivity index (χ3n) is 3.45. The first-order valence-corrected chi connectivity index (χ1v) is 8.52. The monoisotopic (exact) mass is 338 g/mol. The van der Waals surface area contributed by atoms with Gasteiger partial charge >= 0.3 is 0 Å². The van der Waals surface area contributed by atoms with Crippen molar-refractivity contribution in [3.63, 3.8) is 0 Å². The summed E-state index contributed by atoms with van der Waals surface area (Å²) in [5.74, 6) is -0.450. The normalized spacial score (nSPS) is 11.0. The van der Waals surface area contributed by atoms with Crippen molar-refractivity contribution in [3.8, 4) is 5.75 Å². The molecular weight excluding hydrogens is 320 g/mol. The van der Waals surface area contributed by atoms with Crippen LogP contribution >= 0.6 is 11.8 Å². The number of carbonyl (C=O) groups is 1. The Morgan fingerprint density at radius 3 is 2.58 bits per heavy atom. The van der Waals surface area contributed by atoms with Crippen molar-refractivity contribution < 1.29 is 9.90 Å². The number of nitrogens with one attached hydrogen (secondary N) is 1. The van der Waals surface area contributed by atoms with Crippen molar-refractivity contribution in [3.05, 3.63) is 60.4 Å². The summed E-state index contributed by atoms with van der Waals surface area (Å²) in [4.78, 5) is 18.4. The maximum Gasteiger partial charge on any atom is 0.273 e. The highest BCUT2D eigenvalue weighted by molar-refractivity contribution is 7.99. The molecule has 1 amide bonds. The lowest BCUT2D eigenvalue weighted by atomic mass is 10.1. The second-order valence-electron chi connectivity index (χ2n) is 5.75. The Hall–Kier alpha value is -2.53. The number of amides is 1. The SMILES string of the molecule is CC(C)NC(=O)c1ncc2cc(Sc3ccccc3)ccc2c1O. The van der Waals surface area contributed by atoms with E-state index < -0.39 is 0 Å². The molecule has 0 aliphatic heterocycles. The van der Waals surface area contributed by atoms with E-state index in [0.717, 1.165) is 15.2 Å². The minimum Gasteiger partial charge on any atom is -0.505 e. The molecular formula is C19H18N2O2S. The number of benzene rings is 2. The molecule has 0 atom stereocenters. The summed E-state index contributed by atoms with van der Waals surface area (Å²) in [6.45, 7) is 3.73. The van der Waals surface area contributed by atoms with Crippen LogP contribution < -0.4 is 5.32 Å². The molecule has 0 radical (unpaired) electrons. The lowest BCUT2D eigenvalue weighted by Gasteiger charge is -2.11. The summed E-state index contributed by atoms with van der Waals surface area (Å²) in [5.41, 5.74) is 0.0552. The molecule has 2 N–H and O–H groups in total. The van der Waals surface area contributed by atoms with Crippen LogP contribution in [0.5, 0.6) is 5.75 Å². The molecule has 0 spiro atoms. The maximum atomic E-state index is 12.1. The van der Waals surface area contributed by atoms with Crippen LogP contribution in [0.2, 0.25) is 0 Å². The second kappa shape index (κ2) is 6.93. The van der Waals surface area contributed by atoms with E-state index in [0.29, 0.717) is 5.39 Å². The predicted octanol–water partition coefficient (Wildman–Crippen LogP) is 4.23. The van der Waals surface area contributed by atoms with Crippen molar-refractivity contribution in [1.29, 1.82) is 0 Å². The van der Waals surface area contributed by atoms with E-state index in [9.17, 15) is 9.90 Å². The molecule has 122 valence electrons. The highest BCUT2D eigenvalue weighted by Gasteiger charge is 2.16. The highest BCUT2D eigenvalue weighted by atomic mass is 32.2. The van der Waals surface area contributed by atoms with Crippen LogP contribution in [-0.2, 0) is 0 Å². The minimum atomic E-state index is -0.368. The molecule has 3 aromatic rings. The molecule has 0 aliphatic carbocycles. The summed E-state index contributed by atoms with van der Waals surface area (Å²) in [7, 11) is 0. The number of aromatic hydroxyl groups is 1. The van der Waals surface area contributed by atoms with Gasteiger partial charge in [-0.05, 0) is 44.2 Å². The Morgan fingerprint density at radius 1 is 1.12 bits per heavy atom. The Bertz CT molecular complexity index is 879. The minimum absolute atomic E-state index is 0.0148. The molecule has 0 fully saturated rings. The highest BCUT2D eigenvalue weighted by Crippen LogP contribution is 2.33. The van der Waals surface area contributed by atoms with Gasteiger partial charge in [-0.1, -0.05) is 30.0 Å². The van der Waals surface area contributed by atoms with Crippen LogP contribution in [-0.4, -0.2) is 22.0 Å². The Balaban J connectivity index is 1.93. The number of nitrogens with zero attached hydrogens (tertiary/aromatic N) is 1. The molecule has 24 heavy (non-hydrogen) atoms. The molecule has 2 aromatic carbocycles. The quantitative estimate of drug-likeness (QED) is 0.747. The van der Waals surface area contributed by atoms with Gasteiger partial charge in [0.2, 0.25) is 0 Å². The number of aromatic nitrogens is 1. The van der Waals surface area contributed by atoms with E-state index in [1.54, 1.807) is 18.0 Å². The summed E-state index contributed by atoms with van der Waals surface area (Å²) in [5, 5.41) is 14.5. The van der Waals surface area contributed by atoms with Crippen molar-refractivity contribution >= 4 is 28.4 Å². The average Bonchev–Trinajstić information content (AvgIpc) is 2.55. The van der Waals surface area contributed by atoms with Crippen molar-refractivity contribution in [2.75, 3.05) is 0 Å². The van der Waals surface area contributed by atoms with Gasteiger partial charge in [-0.25, -0.2) is 4.98 Å². The largest absolute Gasteiger partial charge is 0.505 e. The predicted molar refractivity (Wildman–Crippen MR) is 96.6 cm³/mol. The van der Waals surface area contributed by atoms with E-state index in [1.165, 1.54) is 0 Å². The fraction of sp³-hybridized carbons (Fsp3) is 0.158. The molecule has 0 aliphatic rings. The van der Waals surface area contributed by atoms with Crippen LogP contribution in [0.15, 0.2) is 64.5 Å². The molecule has 5 heteroatoms. The number of rotatable bonds is 4. The van der Waals surface area contributed by atoms with Gasteiger partial charge in [0.05, 0.1) is 0 Å². The number of carbonyl (C=O) groups excluding carboxylic acids is 1. The molecule has 0 unspecified atom stereocenters.